The van der Waals surface area contributed by atoms with Crippen LogP contribution in [0.25, 0.3) is 0 Å². The molecule has 1 fully saturated rings. The molecule has 0 aromatic heterocycles. The zero-order chi connectivity index (χ0) is 16.1. The number of hydrogen-bond acceptors (Lipinski definition) is 3. The van der Waals surface area contributed by atoms with E-state index in [-0.39, 0.29) is 0 Å². The molecule has 2 N–H and O–H groups in total. The van der Waals surface area contributed by atoms with Crippen LogP contribution in [0.2, 0.25) is 0 Å². The molecule has 3 heteroatoms. The van der Waals surface area contributed by atoms with Crippen LogP contribution >= 0.6 is 11.8 Å². The van der Waals surface area contributed by atoms with Gasteiger partial charge in [-0.25, -0.2) is 0 Å². The van der Waals surface area contributed by atoms with E-state index in [0.717, 1.165) is 18.5 Å². The highest BCUT2D eigenvalue weighted by molar-refractivity contribution is 7.98. The largest absolute Gasteiger partial charge is 0.371 e. The highest BCUT2D eigenvalue weighted by Crippen LogP contribution is 2.36. The van der Waals surface area contributed by atoms with Gasteiger partial charge in [-0.3, -0.25) is 0 Å². The first kappa shape index (κ1) is 17.3. The molecule has 0 bridgehead atoms. The third kappa shape index (κ3) is 4.74. The first-order valence-electron chi connectivity index (χ1n) is 9.20. The lowest BCUT2D eigenvalue weighted by Crippen LogP contribution is -2.16. The summed E-state index contributed by atoms with van der Waals surface area (Å²) in [6.07, 6.45) is 12.1. The monoisotopic (exact) mass is 333 g/mol. The standard InChI is InChI=1S/C20H31NOS/c1-23-14-22-10-2-3-15-4-5-17-12-18(7-6-16(17)11-15)19-8-9-20(21)13-19/h6-7,12,15,19-20H,2-5,8-11,13-14,21H2,1H3. The van der Waals surface area contributed by atoms with Crippen molar-refractivity contribution in [1.29, 1.82) is 0 Å². The van der Waals surface area contributed by atoms with Crippen molar-refractivity contribution in [3.05, 3.63) is 34.9 Å². The van der Waals surface area contributed by atoms with Crippen molar-refractivity contribution in [2.75, 3.05) is 18.8 Å². The molecular weight excluding hydrogens is 302 g/mol. The normalized spacial score (nSPS) is 27.1. The minimum atomic E-state index is 0.425. The molecule has 0 heterocycles. The van der Waals surface area contributed by atoms with Crippen LogP contribution in [0.3, 0.4) is 0 Å². The molecule has 128 valence electrons. The van der Waals surface area contributed by atoms with Crippen molar-refractivity contribution in [3.8, 4) is 0 Å². The Hall–Kier alpha value is -0.510. The van der Waals surface area contributed by atoms with Crippen LogP contribution in [-0.2, 0) is 17.6 Å². The Balaban J connectivity index is 1.51. The van der Waals surface area contributed by atoms with Crippen LogP contribution in [0.5, 0.6) is 0 Å². The van der Waals surface area contributed by atoms with Gasteiger partial charge < -0.3 is 10.5 Å². The summed E-state index contributed by atoms with van der Waals surface area (Å²) in [6, 6.07) is 7.71. The summed E-state index contributed by atoms with van der Waals surface area (Å²) in [4.78, 5) is 0. The number of nitrogens with two attached hydrogens (primary N) is 1. The van der Waals surface area contributed by atoms with E-state index in [1.807, 2.05) is 0 Å². The Morgan fingerprint density at radius 2 is 2.13 bits per heavy atom. The number of fused-ring (bicyclic) bond motifs is 1. The predicted octanol–water partition coefficient (Wildman–Crippen LogP) is 4.50. The molecule has 23 heavy (non-hydrogen) atoms. The first-order chi connectivity index (χ1) is 11.3. The van der Waals surface area contributed by atoms with E-state index in [2.05, 4.69) is 24.5 Å². The van der Waals surface area contributed by atoms with Crippen LogP contribution in [0.15, 0.2) is 18.2 Å². The Morgan fingerprint density at radius 3 is 2.91 bits per heavy atom. The van der Waals surface area contributed by atoms with Gasteiger partial charge in [-0.2, -0.15) is 0 Å². The lowest BCUT2D eigenvalue weighted by Gasteiger charge is -2.26. The topological polar surface area (TPSA) is 35.2 Å². The lowest BCUT2D eigenvalue weighted by molar-refractivity contribution is 0.171. The van der Waals surface area contributed by atoms with Crippen LogP contribution in [0.1, 0.15) is 61.1 Å². The summed E-state index contributed by atoms with van der Waals surface area (Å²) >= 11 is 1.76. The fourth-order valence-electron chi connectivity index (χ4n) is 4.29. The molecule has 2 aliphatic rings. The molecule has 0 amide bonds. The van der Waals surface area contributed by atoms with Gasteiger partial charge >= 0.3 is 0 Å². The van der Waals surface area contributed by atoms with Crippen molar-refractivity contribution in [1.82, 2.24) is 0 Å². The summed E-state index contributed by atoms with van der Waals surface area (Å²) in [5.74, 6) is 2.40. The molecule has 2 aliphatic carbocycles. The van der Waals surface area contributed by atoms with Gasteiger partial charge in [0.1, 0.15) is 0 Å². The van der Waals surface area contributed by atoms with Crippen LogP contribution in [0.4, 0.5) is 0 Å². The van der Waals surface area contributed by atoms with E-state index >= 15 is 0 Å². The van der Waals surface area contributed by atoms with E-state index in [1.54, 1.807) is 28.5 Å². The van der Waals surface area contributed by atoms with Gasteiger partial charge in [0.05, 0.1) is 5.94 Å². The Kier molecular flexibility index (Phi) is 6.44. The SMILES string of the molecule is CSCOCCCC1CCc2cc(C3CCC(N)C3)ccc2C1. The van der Waals surface area contributed by atoms with Gasteiger partial charge in [-0.05, 0) is 86.1 Å². The second kappa shape index (κ2) is 8.55. The first-order valence-corrected chi connectivity index (χ1v) is 10.6. The molecule has 1 aromatic carbocycles. The van der Waals surface area contributed by atoms with Gasteiger partial charge in [0.15, 0.2) is 0 Å². The second-order valence-electron chi connectivity index (χ2n) is 7.36. The Morgan fingerprint density at radius 1 is 1.22 bits per heavy atom. The van der Waals surface area contributed by atoms with Gasteiger partial charge in [-0.1, -0.05) is 18.2 Å². The molecule has 3 unspecified atom stereocenters. The number of ether oxygens (including phenoxy) is 1. The minimum absolute atomic E-state index is 0.425. The average molecular weight is 334 g/mol. The van der Waals surface area contributed by atoms with E-state index < -0.39 is 0 Å². The zero-order valence-corrected chi connectivity index (χ0v) is 15.2. The van der Waals surface area contributed by atoms with E-state index in [9.17, 15) is 0 Å². The average Bonchev–Trinajstić information content (AvgIpc) is 3.00. The van der Waals surface area contributed by atoms with E-state index in [0.29, 0.717) is 12.0 Å². The lowest BCUT2D eigenvalue weighted by atomic mass is 9.80. The molecule has 0 radical (unpaired) electrons. The summed E-state index contributed by atoms with van der Waals surface area (Å²) in [5, 5.41) is 0. The number of aryl methyl sites for hydroxylation is 1. The van der Waals surface area contributed by atoms with Crippen molar-refractivity contribution >= 4 is 11.8 Å². The summed E-state index contributed by atoms with van der Waals surface area (Å²) in [5.41, 5.74) is 10.8. The van der Waals surface area contributed by atoms with Crippen LogP contribution in [0, 0.1) is 5.92 Å². The molecule has 3 rings (SSSR count). The molecule has 1 aromatic rings. The van der Waals surface area contributed by atoms with Gasteiger partial charge in [0.25, 0.3) is 0 Å². The number of rotatable bonds is 7. The fourth-order valence-corrected chi connectivity index (χ4v) is 4.57. The summed E-state index contributed by atoms with van der Waals surface area (Å²) in [7, 11) is 0. The number of hydrogen-bond donors (Lipinski definition) is 1. The zero-order valence-electron chi connectivity index (χ0n) is 14.4. The molecule has 3 atom stereocenters. The minimum Gasteiger partial charge on any atom is -0.371 e. The highest BCUT2D eigenvalue weighted by Gasteiger charge is 2.25. The van der Waals surface area contributed by atoms with Gasteiger partial charge in [-0.15, -0.1) is 11.8 Å². The third-order valence-electron chi connectivity index (χ3n) is 5.61. The maximum atomic E-state index is 6.08. The Labute approximate surface area is 145 Å². The Bertz CT molecular complexity index is 504. The summed E-state index contributed by atoms with van der Waals surface area (Å²) < 4.78 is 5.58. The van der Waals surface area contributed by atoms with Crippen LogP contribution in [-0.4, -0.2) is 24.8 Å². The second-order valence-corrected chi connectivity index (χ2v) is 8.18. The van der Waals surface area contributed by atoms with Crippen LogP contribution < -0.4 is 5.73 Å². The molecule has 1 saturated carbocycles. The molecule has 0 saturated heterocycles. The molecule has 0 spiro atoms. The molecular formula is C20H31NOS. The van der Waals surface area contributed by atoms with Crippen molar-refractivity contribution in [2.45, 2.75) is 63.3 Å². The smallest absolute Gasteiger partial charge is 0.0918 e. The summed E-state index contributed by atoms with van der Waals surface area (Å²) in [6.45, 7) is 0.922. The van der Waals surface area contributed by atoms with E-state index in [1.165, 1.54) is 51.4 Å². The van der Waals surface area contributed by atoms with Crippen molar-refractivity contribution in [2.24, 2.45) is 11.7 Å². The molecule has 0 aliphatic heterocycles. The quantitative estimate of drug-likeness (QED) is 0.589. The van der Waals surface area contributed by atoms with E-state index in [4.69, 9.17) is 10.5 Å². The van der Waals surface area contributed by atoms with Crippen molar-refractivity contribution < 1.29 is 4.74 Å². The predicted molar refractivity (Wildman–Crippen MR) is 100 cm³/mol. The third-order valence-corrected chi connectivity index (χ3v) is 6.01. The maximum Gasteiger partial charge on any atom is 0.0918 e. The van der Waals surface area contributed by atoms with Crippen molar-refractivity contribution in [3.63, 3.8) is 0 Å². The number of benzene rings is 1. The highest BCUT2D eigenvalue weighted by atomic mass is 32.2. The molecule has 2 nitrogen and oxygen atoms in total. The van der Waals surface area contributed by atoms with Gasteiger partial charge in [0.2, 0.25) is 0 Å². The van der Waals surface area contributed by atoms with Gasteiger partial charge in [0, 0.05) is 12.6 Å². The fraction of sp³-hybridized carbons (Fsp3) is 0.700. The maximum absolute atomic E-state index is 6.08. The number of thioether (sulfide) groups is 1.